The summed E-state index contributed by atoms with van der Waals surface area (Å²) in [5.41, 5.74) is 10.8. The minimum absolute atomic E-state index is 0.673. The Bertz CT molecular complexity index is 558. The van der Waals surface area contributed by atoms with Gasteiger partial charge in [0.05, 0.1) is 12.2 Å². The van der Waals surface area contributed by atoms with Gasteiger partial charge in [0.2, 0.25) is 0 Å². The number of aryl methyl sites for hydroxylation is 1. The molecule has 0 spiro atoms. The maximum Gasteiger partial charge on any atom is 0.0662 e. The van der Waals surface area contributed by atoms with E-state index in [0.717, 1.165) is 30.8 Å². The minimum atomic E-state index is 0.673. The van der Waals surface area contributed by atoms with E-state index in [1.807, 2.05) is 12.1 Å². The molecule has 2 rings (SSSR count). The van der Waals surface area contributed by atoms with Crippen LogP contribution in [0.2, 0.25) is 5.02 Å². The number of hydrogen-bond donors (Lipinski definition) is 1. The normalized spacial score (nSPS) is 11.0. The molecule has 0 aliphatic carbocycles. The predicted octanol–water partition coefficient (Wildman–Crippen LogP) is 3.21. The van der Waals surface area contributed by atoms with Gasteiger partial charge in [0.25, 0.3) is 0 Å². The summed E-state index contributed by atoms with van der Waals surface area (Å²) in [5.74, 6) is 0. The molecule has 0 aliphatic rings. The zero-order valence-electron chi connectivity index (χ0n) is 12.2. The van der Waals surface area contributed by atoms with Crippen molar-refractivity contribution in [2.24, 2.45) is 5.73 Å². The van der Waals surface area contributed by atoms with Crippen molar-refractivity contribution < 1.29 is 0 Å². The van der Waals surface area contributed by atoms with Crippen LogP contribution < -0.4 is 5.73 Å². The molecule has 0 saturated heterocycles. The molecule has 4 heteroatoms. The van der Waals surface area contributed by atoms with E-state index in [1.54, 1.807) is 0 Å². The van der Waals surface area contributed by atoms with Gasteiger partial charge in [-0.1, -0.05) is 37.6 Å². The molecule has 0 unspecified atom stereocenters. The monoisotopic (exact) mass is 291 g/mol. The average Bonchev–Trinajstić information content (AvgIpc) is 2.79. The number of rotatable bonds is 6. The van der Waals surface area contributed by atoms with E-state index in [0.29, 0.717) is 6.54 Å². The van der Waals surface area contributed by atoms with Crippen LogP contribution in [0.15, 0.2) is 24.3 Å². The first kappa shape index (κ1) is 15.1. The van der Waals surface area contributed by atoms with Gasteiger partial charge in [-0.2, -0.15) is 5.10 Å². The zero-order chi connectivity index (χ0) is 14.5. The molecule has 1 aromatic carbocycles. The van der Waals surface area contributed by atoms with Crippen molar-refractivity contribution in [2.45, 2.75) is 39.7 Å². The third-order valence-corrected chi connectivity index (χ3v) is 3.81. The quantitative estimate of drug-likeness (QED) is 0.888. The van der Waals surface area contributed by atoms with Crippen molar-refractivity contribution in [3.63, 3.8) is 0 Å². The van der Waals surface area contributed by atoms with Gasteiger partial charge in [-0.15, -0.1) is 0 Å². The number of aromatic nitrogens is 2. The lowest BCUT2D eigenvalue weighted by Gasteiger charge is -2.08. The van der Waals surface area contributed by atoms with Crippen LogP contribution in [-0.4, -0.2) is 16.3 Å². The molecule has 0 amide bonds. The van der Waals surface area contributed by atoms with E-state index in [9.17, 15) is 0 Å². The van der Waals surface area contributed by atoms with Crippen LogP contribution in [0.1, 0.15) is 36.4 Å². The van der Waals surface area contributed by atoms with E-state index in [1.165, 1.54) is 22.5 Å². The van der Waals surface area contributed by atoms with Crippen LogP contribution in [0, 0.1) is 0 Å². The summed E-state index contributed by atoms with van der Waals surface area (Å²) in [6.45, 7) is 5.79. The van der Waals surface area contributed by atoms with E-state index < -0.39 is 0 Å². The summed E-state index contributed by atoms with van der Waals surface area (Å²) in [6.07, 6.45) is 2.85. The molecule has 1 heterocycles. The smallest absolute Gasteiger partial charge is 0.0662 e. The molecule has 1 aromatic heterocycles. The molecule has 2 aromatic rings. The molecule has 3 nitrogen and oxygen atoms in total. The van der Waals surface area contributed by atoms with Gasteiger partial charge < -0.3 is 5.73 Å². The van der Waals surface area contributed by atoms with Gasteiger partial charge >= 0.3 is 0 Å². The maximum atomic E-state index is 5.93. The second-order valence-corrected chi connectivity index (χ2v) is 5.34. The first-order valence-corrected chi connectivity index (χ1v) is 7.59. The highest BCUT2D eigenvalue weighted by Gasteiger charge is 2.14. The van der Waals surface area contributed by atoms with Crippen molar-refractivity contribution in [2.75, 3.05) is 6.54 Å². The number of halogens is 1. The van der Waals surface area contributed by atoms with Crippen LogP contribution in [0.25, 0.3) is 0 Å². The van der Waals surface area contributed by atoms with Crippen LogP contribution in [0.5, 0.6) is 0 Å². The van der Waals surface area contributed by atoms with Gasteiger partial charge in [-0.25, -0.2) is 0 Å². The maximum absolute atomic E-state index is 5.93. The molecular weight excluding hydrogens is 270 g/mol. The Hall–Kier alpha value is -1.32. The summed E-state index contributed by atoms with van der Waals surface area (Å²) >= 11 is 5.93. The molecule has 2 N–H and O–H groups in total. The molecular formula is C16H22ClN3. The Morgan fingerprint density at radius 1 is 1.15 bits per heavy atom. The molecule has 0 atom stereocenters. The lowest BCUT2D eigenvalue weighted by Crippen LogP contribution is -2.09. The first-order valence-electron chi connectivity index (χ1n) is 7.21. The average molecular weight is 292 g/mol. The van der Waals surface area contributed by atoms with Gasteiger partial charge in [-0.05, 0) is 49.1 Å². The molecule has 0 fully saturated rings. The number of nitrogens with zero attached hydrogens (tertiary/aromatic N) is 2. The van der Waals surface area contributed by atoms with E-state index in [4.69, 9.17) is 22.4 Å². The highest BCUT2D eigenvalue weighted by atomic mass is 35.5. The lowest BCUT2D eigenvalue weighted by atomic mass is 10.1. The number of nitrogens with two attached hydrogens (primary N) is 1. The molecule has 0 saturated carbocycles. The van der Waals surface area contributed by atoms with E-state index >= 15 is 0 Å². The van der Waals surface area contributed by atoms with Crippen molar-refractivity contribution >= 4 is 11.6 Å². The van der Waals surface area contributed by atoms with E-state index in [2.05, 4.69) is 30.7 Å². The van der Waals surface area contributed by atoms with Gasteiger partial charge in [-0.3, -0.25) is 4.68 Å². The third-order valence-electron chi connectivity index (χ3n) is 3.56. The Labute approximate surface area is 125 Å². The van der Waals surface area contributed by atoms with Crippen LogP contribution in [0.3, 0.4) is 0 Å². The van der Waals surface area contributed by atoms with Crippen LogP contribution in [0.4, 0.5) is 0 Å². The molecule has 0 bridgehead atoms. The third kappa shape index (κ3) is 3.22. The van der Waals surface area contributed by atoms with Crippen molar-refractivity contribution in [3.05, 3.63) is 51.8 Å². The van der Waals surface area contributed by atoms with Gasteiger partial charge in [0.1, 0.15) is 0 Å². The summed E-state index contributed by atoms with van der Waals surface area (Å²) in [4.78, 5) is 0. The molecule has 108 valence electrons. The Balaban J connectivity index is 2.33. The largest absolute Gasteiger partial charge is 0.330 e. The second kappa shape index (κ2) is 6.91. The van der Waals surface area contributed by atoms with Gasteiger partial charge in [0, 0.05) is 10.7 Å². The summed E-state index contributed by atoms with van der Waals surface area (Å²) in [6, 6.07) is 7.95. The summed E-state index contributed by atoms with van der Waals surface area (Å²) < 4.78 is 2.12. The summed E-state index contributed by atoms with van der Waals surface area (Å²) in [7, 11) is 0. The highest BCUT2D eigenvalue weighted by molar-refractivity contribution is 6.30. The number of hydrogen-bond acceptors (Lipinski definition) is 2. The first-order chi connectivity index (χ1) is 9.69. The van der Waals surface area contributed by atoms with Crippen LogP contribution in [-0.2, 0) is 25.8 Å². The Morgan fingerprint density at radius 2 is 1.85 bits per heavy atom. The highest BCUT2D eigenvalue weighted by Crippen LogP contribution is 2.19. The zero-order valence-corrected chi connectivity index (χ0v) is 13.0. The molecule has 0 aliphatic heterocycles. The Morgan fingerprint density at radius 3 is 2.40 bits per heavy atom. The predicted molar refractivity (Wildman–Crippen MR) is 84.3 cm³/mol. The van der Waals surface area contributed by atoms with E-state index in [-0.39, 0.29) is 0 Å². The standard InChI is InChI=1S/C16H22ClN3/c1-3-15-14(9-10-18)16(4-2)20(19-15)11-12-5-7-13(17)8-6-12/h5-8H,3-4,9-11,18H2,1-2H3. The lowest BCUT2D eigenvalue weighted by molar-refractivity contribution is 0.639. The Kier molecular flexibility index (Phi) is 5.21. The topological polar surface area (TPSA) is 43.8 Å². The minimum Gasteiger partial charge on any atom is -0.330 e. The van der Waals surface area contributed by atoms with Crippen LogP contribution >= 0.6 is 11.6 Å². The fourth-order valence-corrected chi connectivity index (χ4v) is 2.72. The SMILES string of the molecule is CCc1nn(Cc2ccc(Cl)cc2)c(CC)c1CCN. The van der Waals surface area contributed by atoms with Crippen molar-refractivity contribution in [3.8, 4) is 0 Å². The molecule has 0 radical (unpaired) electrons. The summed E-state index contributed by atoms with van der Waals surface area (Å²) in [5, 5.41) is 5.53. The van der Waals surface area contributed by atoms with Gasteiger partial charge in [0.15, 0.2) is 0 Å². The fraction of sp³-hybridized carbons (Fsp3) is 0.438. The van der Waals surface area contributed by atoms with Crippen molar-refractivity contribution in [1.82, 2.24) is 9.78 Å². The number of benzene rings is 1. The fourth-order valence-electron chi connectivity index (χ4n) is 2.60. The van der Waals surface area contributed by atoms with Crippen molar-refractivity contribution in [1.29, 1.82) is 0 Å². The second-order valence-electron chi connectivity index (χ2n) is 4.90. The molecule has 20 heavy (non-hydrogen) atoms.